The molecule has 0 spiro atoms. The van der Waals surface area contributed by atoms with Crippen molar-refractivity contribution in [1.29, 1.82) is 0 Å². The molecular weight excluding hydrogens is 314 g/mol. The highest BCUT2D eigenvalue weighted by atomic mass is 32.2. The third-order valence-corrected chi connectivity index (χ3v) is 7.00. The summed E-state index contributed by atoms with van der Waals surface area (Å²) >= 11 is 1.77. The van der Waals surface area contributed by atoms with Crippen molar-refractivity contribution in [2.45, 2.75) is 57.4 Å². The molecule has 1 heterocycles. The molecule has 1 fully saturated rings. The van der Waals surface area contributed by atoms with Crippen molar-refractivity contribution >= 4 is 28.1 Å². The van der Waals surface area contributed by atoms with Crippen molar-refractivity contribution in [3.63, 3.8) is 0 Å². The van der Waals surface area contributed by atoms with E-state index in [0.29, 0.717) is 11.3 Å². The fourth-order valence-corrected chi connectivity index (χ4v) is 5.08. The van der Waals surface area contributed by atoms with Gasteiger partial charge in [-0.1, -0.05) is 13.3 Å². The second-order valence-electron chi connectivity index (χ2n) is 5.75. The number of hydrogen-bond acceptors (Lipinski definition) is 3. The Morgan fingerprint density at radius 2 is 2.32 bits per heavy atom. The number of aliphatic imine (C=N–C) groups is 1. The quantitative estimate of drug-likeness (QED) is 0.640. The molecule has 22 heavy (non-hydrogen) atoms. The Morgan fingerprint density at radius 1 is 1.50 bits per heavy atom. The molecule has 0 aromatic carbocycles. The molecule has 1 aliphatic rings. The lowest BCUT2D eigenvalue weighted by molar-refractivity contribution is 0.413. The maximum atomic E-state index is 12.0. The first kappa shape index (κ1) is 17.5. The lowest BCUT2D eigenvalue weighted by atomic mass is 9.95. The Morgan fingerprint density at radius 3 is 2.95 bits per heavy atom. The third-order valence-electron chi connectivity index (χ3n) is 4.23. The summed E-state index contributed by atoms with van der Waals surface area (Å²) in [6.45, 7) is 4.95. The first-order chi connectivity index (χ1) is 10.6. The van der Waals surface area contributed by atoms with Gasteiger partial charge in [-0.2, -0.15) is 0 Å². The standard InChI is InChI=1S/C16H27N3OS2/c1-4-22(20)14-7-5-6-13(10-14)19-16(17-3)18-11-15-12(2)8-9-21-15/h8-9,13-14H,4-7,10-11H2,1-3H3,(H2,17,18,19). The molecule has 4 nitrogen and oxygen atoms in total. The lowest BCUT2D eigenvalue weighted by Crippen LogP contribution is -2.46. The number of thiophene rings is 1. The van der Waals surface area contributed by atoms with Gasteiger partial charge in [-0.25, -0.2) is 0 Å². The second kappa shape index (κ2) is 8.67. The van der Waals surface area contributed by atoms with Crippen LogP contribution in [0.25, 0.3) is 0 Å². The molecule has 2 N–H and O–H groups in total. The van der Waals surface area contributed by atoms with Crippen LogP contribution in [0.5, 0.6) is 0 Å². The normalized spacial score (nSPS) is 24.0. The van der Waals surface area contributed by atoms with Gasteiger partial charge < -0.3 is 10.6 Å². The predicted octanol–water partition coefficient (Wildman–Crippen LogP) is 2.80. The minimum Gasteiger partial charge on any atom is -0.354 e. The van der Waals surface area contributed by atoms with Gasteiger partial charge in [-0.3, -0.25) is 9.20 Å². The molecule has 1 saturated carbocycles. The van der Waals surface area contributed by atoms with Crippen molar-refractivity contribution in [2.75, 3.05) is 12.8 Å². The Hall–Kier alpha value is -0.880. The number of guanidine groups is 1. The van der Waals surface area contributed by atoms with Crippen LogP contribution in [-0.2, 0) is 17.3 Å². The van der Waals surface area contributed by atoms with Gasteiger partial charge in [0.1, 0.15) is 0 Å². The van der Waals surface area contributed by atoms with Crippen molar-refractivity contribution in [3.05, 3.63) is 21.9 Å². The number of hydrogen-bond donors (Lipinski definition) is 2. The number of nitrogens with zero attached hydrogens (tertiary/aromatic N) is 1. The minimum absolute atomic E-state index is 0.342. The van der Waals surface area contributed by atoms with Gasteiger partial charge in [0.05, 0.1) is 6.54 Å². The maximum Gasteiger partial charge on any atom is 0.191 e. The minimum atomic E-state index is -0.681. The van der Waals surface area contributed by atoms with Gasteiger partial charge in [-0.05, 0) is 43.2 Å². The Bertz CT molecular complexity index is 527. The zero-order valence-electron chi connectivity index (χ0n) is 13.7. The average molecular weight is 342 g/mol. The van der Waals surface area contributed by atoms with Crippen LogP contribution in [-0.4, -0.2) is 34.3 Å². The van der Waals surface area contributed by atoms with Crippen LogP contribution in [0.15, 0.2) is 16.4 Å². The van der Waals surface area contributed by atoms with E-state index in [-0.39, 0.29) is 0 Å². The van der Waals surface area contributed by atoms with Crippen LogP contribution in [0.4, 0.5) is 0 Å². The molecule has 0 aliphatic heterocycles. The first-order valence-electron chi connectivity index (χ1n) is 8.01. The molecule has 0 radical (unpaired) electrons. The topological polar surface area (TPSA) is 53.5 Å². The summed E-state index contributed by atoms with van der Waals surface area (Å²) < 4.78 is 12.0. The third kappa shape index (κ3) is 4.81. The maximum absolute atomic E-state index is 12.0. The molecule has 1 aliphatic carbocycles. The average Bonchev–Trinajstić information content (AvgIpc) is 2.96. The van der Waals surface area contributed by atoms with Crippen LogP contribution in [0.2, 0.25) is 0 Å². The molecule has 0 saturated heterocycles. The molecule has 6 heteroatoms. The highest BCUT2D eigenvalue weighted by Crippen LogP contribution is 2.23. The largest absolute Gasteiger partial charge is 0.354 e. The van der Waals surface area contributed by atoms with E-state index < -0.39 is 10.8 Å². The summed E-state index contributed by atoms with van der Waals surface area (Å²) in [5.41, 5.74) is 1.32. The summed E-state index contributed by atoms with van der Waals surface area (Å²) in [6, 6.07) is 2.52. The van der Waals surface area contributed by atoms with E-state index in [1.54, 1.807) is 18.4 Å². The number of aryl methyl sites for hydroxylation is 1. The molecule has 1 aromatic heterocycles. The Labute approximate surface area is 140 Å². The Balaban J connectivity index is 1.85. The highest BCUT2D eigenvalue weighted by molar-refractivity contribution is 7.85. The highest BCUT2D eigenvalue weighted by Gasteiger charge is 2.26. The van der Waals surface area contributed by atoms with E-state index in [4.69, 9.17) is 0 Å². The molecule has 0 bridgehead atoms. The number of nitrogens with one attached hydrogen (secondary N) is 2. The zero-order valence-corrected chi connectivity index (χ0v) is 15.4. The van der Waals surface area contributed by atoms with Gasteiger partial charge in [0.15, 0.2) is 5.96 Å². The Kier molecular flexibility index (Phi) is 6.89. The summed E-state index contributed by atoms with van der Waals surface area (Å²) in [6.07, 6.45) is 4.36. The number of rotatable bonds is 5. The van der Waals surface area contributed by atoms with Crippen molar-refractivity contribution in [3.8, 4) is 0 Å². The summed E-state index contributed by atoms with van der Waals surface area (Å²) in [7, 11) is 1.13. The molecule has 124 valence electrons. The van der Waals surface area contributed by atoms with Crippen LogP contribution in [0.3, 0.4) is 0 Å². The van der Waals surface area contributed by atoms with Crippen molar-refractivity contribution < 1.29 is 4.21 Å². The van der Waals surface area contributed by atoms with E-state index >= 15 is 0 Å². The molecule has 1 aromatic rings. The molecular formula is C16H27N3OS2. The SMILES string of the molecule is CCS(=O)C1CCCC(NC(=NC)NCc2sccc2C)C1. The van der Waals surface area contributed by atoms with Crippen LogP contribution in [0, 0.1) is 6.92 Å². The molecule has 2 rings (SSSR count). The smallest absolute Gasteiger partial charge is 0.191 e. The summed E-state index contributed by atoms with van der Waals surface area (Å²) in [5.74, 6) is 1.61. The van der Waals surface area contributed by atoms with Crippen LogP contribution < -0.4 is 10.6 Å². The zero-order chi connectivity index (χ0) is 15.9. The fraction of sp³-hybridized carbons (Fsp3) is 0.688. The second-order valence-corrected chi connectivity index (χ2v) is 8.76. The summed E-state index contributed by atoms with van der Waals surface area (Å²) in [4.78, 5) is 5.67. The fourth-order valence-electron chi connectivity index (χ4n) is 2.89. The summed E-state index contributed by atoms with van der Waals surface area (Å²) in [5, 5.41) is 9.36. The van der Waals surface area contributed by atoms with Gasteiger partial charge in [0, 0.05) is 39.8 Å². The predicted molar refractivity (Wildman–Crippen MR) is 97.1 cm³/mol. The molecule has 3 atom stereocenters. The van der Waals surface area contributed by atoms with E-state index in [1.807, 2.05) is 6.92 Å². The van der Waals surface area contributed by atoms with E-state index in [1.165, 1.54) is 10.4 Å². The monoisotopic (exact) mass is 341 g/mol. The van der Waals surface area contributed by atoms with Crippen molar-refractivity contribution in [2.24, 2.45) is 4.99 Å². The van der Waals surface area contributed by atoms with Gasteiger partial charge >= 0.3 is 0 Å². The molecule has 0 amide bonds. The van der Waals surface area contributed by atoms with E-state index in [0.717, 1.165) is 43.9 Å². The lowest BCUT2D eigenvalue weighted by Gasteiger charge is -2.30. The van der Waals surface area contributed by atoms with Crippen molar-refractivity contribution in [1.82, 2.24) is 10.6 Å². The van der Waals surface area contributed by atoms with Crippen LogP contribution >= 0.6 is 11.3 Å². The van der Waals surface area contributed by atoms with E-state index in [9.17, 15) is 4.21 Å². The van der Waals surface area contributed by atoms with Gasteiger partial charge in [0.2, 0.25) is 0 Å². The van der Waals surface area contributed by atoms with Gasteiger partial charge in [-0.15, -0.1) is 11.3 Å². The van der Waals surface area contributed by atoms with Crippen LogP contribution in [0.1, 0.15) is 43.0 Å². The molecule has 3 unspecified atom stereocenters. The first-order valence-corrected chi connectivity index (χ1v) is 10.3. The van der Waals surface area contributed by atoms with E-state index in [2.05, 4.69) is 34.0 Å². The van der Waals surface area contributed by atoms with Gasteiger partial charge in [0.25, 0.3) is 0 Å².